The Labute approximate surface area is 190 Å². The van der Waals surface area contributed by atoms with Crippen LogP contribution < -0.4 is 0 Å². The number of amides is 1. The molecule has 0 bridgehead atoms. The summed E-state index contributed by atoms with van der Waals surface area (Å²) in [6, 6.07) is 6.28. The maximum Gasteiger partial charge on any atom is 0.305 e. The van der Waals surface area contributed by atoms with E-state index < -0.39 is 11.4 Å². The number of carboxylic acid groups (broad SMARTS) is 1. The van der Waals surface area contributed by atoms with E-state index in [1.54, 1.807) is 12.0 Å². The van der Waals surface area contributed by atoms with E-state index in [0.717, 1.165) is 22.6 Å². The number of methoxy groups -OCH3 is 1. The van der Waals surface area contributed by atoms with Crippen molar-refractivity contribution < 1.29 is 19.4 Å². The molecule has 1 aromatic carbocycles. The molecule has 1 fully saturated rings. The van der Waals surface area contributed by atoms with E-state index in [0.29, 0.717) is 25.4 Å². The number of carboxylic acids is 1. The molecule has 0 spiro atoms. The second kappa shape index (κ2) is 10.6. The maximum atomic E-state index is 12.9. The number of nitrogens with zero attached hydrogens (tertiary/aromatic N) is 1. The molecule has 1 saturated carbocycles. The predicted molar refractivity (Wildman–Crippen MR) is 122 cm³/mol. The largest absolute Gasteiger partial charge is 0.481 e. The summed E-state index contributed by atoms with van der Waals surface area (Å²) in [4.78, 5) is 25.4. The quantitative estimate of drug-likeness (QED) is 0.554. The predicted octanol–water partition coefficient (Wildman–Crippen LogP) is 5.35. The van der Waals surface area contributed by atoms with Crippen molar-refractivity contribution in [1.82, 2.24) is 4.90 Å². The highest BCUT2D eigenvalue weighted by Crippen LogP contribution is 2.42. The molecule has 1 aliphatic heterocycles. The fourth-order valence-electron chi connectivity index (χ4n) is 4.92. The number of hydrogen-bond donors (Lipinski definition) is 1. The van der Waals surface area contributed by atoms with Crippen LogP contribution in [-0.2, 0) is 26.2 Å². The topological polar surface area (TPSA) is 66.8 Å². The van der Waals surface area contributed by atoms with Gasteiger partial charge in [-0.1, -0.05) is 62.8 Å². The van der Waals surface area contributed by atoms with Gasteiger partial charge in [0.1, 0.15) is 0 Å². The first kappa shape index (κ1) is 23.8. The van der Waals surface area contributed by atoms with Crippen molar-refractivity contribution in [2.45, 2.75) is 70.1 Å². The van der Waals surface area contributed by atoms with E-state index in [1.807, 2.05) is 12.3 Å². The molecule has 2 aliphatic rings. The third-order valence-electron chi connectivity index (χ3n) is 6.91. The van der Waals surface area contributed by atoms with Crippen LogP contribution in [-0.4, -0.2) is 42.1 Å². The van der Waals surface area contributed by atoms with Crippen LogP contribution in [0.15, 0.2) is 30.0 Å². The number of aliphatic carboxylic acids is 1. The minimum atomic E-state index is -0.909. The maximum absolute atomic E-state index is 12.9. The minimum Gasteiger partial charge on any atom is -0.481 e. The van der Waals surface area contributed by atoms with Crippen molar-refractivity contribution in [2.75, 3.05) is 20.3 Å². The molecule has 31 heavy (non-hydrogen) atoms. The zero-order chi connectivity index (χ0) is 22.4. The zero-order valence-corrected chi connectivity index (χ0v) is 19.4. The number of ether oxygens (including phenoxy) is 1. The smallest absolute Gasteiger partial charge is 0.305 e. The summed E-state index contributed by atoms with van der Waals surface area (Å²) < 4.78 is 5.30. The first-order valence-electron chi connectivity index (χ1n) is 11.3. The summed E-state index contributed by atoms with van der Waals surface area (Å²) in [5.74, 6) is -0.260. The molecule has 0 unspecified atom stereocenters. The lowest BCUT2D eigenvalue weighted by Gasteiger charge is -2.39. The van der Waals surface area contributed by atoms with Gasteiger partial charge >= 0.3 is 5.97 Å². The van der Waals surface area contributed by atoms with E-state index in [9.17, 15) is 9.59 Å². The molecule has 1 amide bonds. The molecule has 5 nitrogen and oxygen atoms in total. The third kappa shape index (κ3) is 5.89. The Morgan fingerprint density at radius 2 is 2.03 bits per heavy atom. The molecule has 1 aromatic rings. The molecule has 0 saturated heterocycles. The number of hydrogen-bond acceptors (Lipinski definition) is 3. The van der Waals surface area contributed by atoms with Crippen LogP contribution in [0.5, 0.6) is 0 Å². The molecule has 6 heteroatoms. The van der Waals surface area contributed by atoms with Crippen molar-refractivity contribution in [3.63, 3.8) is 0 Å². The summed E-state index contributed by atoms with van der Waals surface area (Å²) in [6.45, 7) is 2.80. The molecule has 170 valence electrons. The van der Waals surface area contributed by atoms with Crippen molar-refractivity contribution in [1.29, 1.82) is 0 Å². The van der Waals surface area contributed by atoms with E-state index in [1.165, 1.54) is 37.7 Å². The SMILES string of the molecule is COCCC1=CN(CCC(=O)O)C(=O)C[C@@]1(C)c1ccc(CC2CCCCC2)c(Cl)c1. The van der Waals surface area contributed by atoms with Crippen molar-refractivity contribution in [2.24, 2.45) is 5.92 Å². The van der Waals surface area contributed by atoms with Gasteiger partial charge in [-0.05, 0) is 41.5 Å². The monoisotopic (exact) mass is 447 g/mol. The first-order valence-corrected chi connectivity index (χ1v) is 11.7. The lowest BCUT2D eigenvalue weighted by Crippen LogP contribution is -2.41. The Bertz CT molecular complexity index is 831. The van der Waals surface area contributed by atoms with Gasteiger partial charge in [-0.2, -0.15) is 0 Å². The van der Waals surface area contributed by atoms with Crippen LogP contribution in [0.4, 0.5) is 0 Å². The van der Waals surface area contributed by atoms with Gasteiger partial charge in [-0.25, -0.2) is 0 Å². The molecule has 0 aromatic heterocycles. The first-order chi connectivity index (χ1) is 14.8. The molecule has 0 radical (unpaired) electrons. The summed E-state index contributed by atoms with van der Waals surface area (Å²) in [6.07, 6.45) is 10.3. The lowest BCUT2D eigenvalue weighted by molar-refractivity contribution is -0.138. The second-order valence-electron chi connectivity index (χ2n) is 9.15. The second-order valence-corrected chi connectivity index (χ2v) is 9.56. The molecule has 3 rings (SSSR count). The summed E-state index contributed by atoms with van der Waals surface area (Å²) >= 11 is 6.73. The lowest BCUT2D eigenvalue weighted by atomic mass is 9.70. The highest BCUT2D eigenvalue weighted by atomic mass is 35.5. The van der Waals surface area contributed by atoms with Crippen LogP contribution in [0.1, 0.15) is 69.4 Å². The van der Waals surface area contributed by atoms with Gasteiger partial charge in [-0.15, -0.1) is 0 Å². The van der Waals surface area contributed by atoms with Gasteiger partial charge in [0, 0.05) is 43.3 Å². The van der Waals surface area contributed by atoms with E-state index in [4.69, 9.17) is 21.4 Å². The van der Waals surface area contributed by atoms with Gasteiger partial charge in [0.05, 0.1) is 6.42 Å². The van der Waals surface area contributed by atoms with E-state index in [2.05, 4.69) is 19.1 Å². The molecular formula is C25H34ClNO4. The number of rotatable bonds is 9. The Balaban J connectivity index is 1.85. The average molecular weight is 448 g/mol. The minimum absolute atomic E-state index is 0.0627. The number of carbonyl (C=O) groups is 2. The summed E-state index contributed by atoms with van der Waals surface area (Å²) in [5.41, 5.74) is 2.80. The van der Waals surface area contributed by atoms with Crippen LogP contribution in [0.3, 0.4) is 0 Å². The molecule has 1 N–H and O–H groups in total. The molecular weight excluding hydrogens is 414 g/mol. The van der Waals surface area contributed by atoms with Crippen molar-refractivity contribution in [3.05, 3.63) is 46.1 Å². The third-order valence-corrected chi connectivity index (χ3v) is 7.26. The van der Waals surface area contributed by atoms with Gasteiger partial charge < -0.3 is 14.7 Å². The zero-order valence-electron chi connectivity index (χ0n) is 18.7. The summed E-state index contributed by atoms with van der Waals surface area (Å²) in [5, 5.41) is 9.77. The number of carbonyl (C=O) groups excluding carboxylic acids is 1. The Kier molecular flexibility index (Phi) is 8.17. The van der Waals surface area contributed by atoms with Gasteiger partial charge in [0.15, 0.2) is 0 Å². The van der Waals surface area contributed by atoms with Gasteiger partial charge in [0.2, 0.25) is 5.91 Å². The van der Waals surface area contributed by atoms with Crippen LogP contribution in [0.2, 0.25) is 5.02 Å². The Hall–Kier alpha value is -1.85. The normalized spacial score (nSPS) is 22.5. The highest BCUT2D eigenvalue weighted by molar-refractivity contribution is 6.31. The van der Waals surface area contributed by atoms with E-state index >= 15 is 0 Å². The van der Waals surface area contributed by atoms with Crippen LogP contribution in [0.25, 0.3) is 0 Å². The van der Waals surface area contributed by atoms with Crippen molar-refractivity contribution in [3.8, 4) is 0 Å². The Morgan fingerprint density at radius 1 is 1.29 bits per heavy atom. The fourth-order valence-corrected chi connectivity index (χ4v) is 5.18. The standard InChI is InChI=1S/C25H34ClNO4/c1-25(16-23(28)27(12-10-24(29)30)17-21(25)11-13-31-2)20-9-8-19(22(26)15-20)14-18-6-4-3-5-7-18/h8-9,15,17-18H,3-7,10-14,16H2,1-2H3,(H,29,30)/t25-/m0/s1. The number of halogens is 1. The summed E-state index contributed by atoms with van der Waals surface area (Å²) in [7, 11) is 1.66. The molecule has 1 heterocycles. The molecule has 1 atom stereocenters. The molecule has 1 aliphatic carbocycles. The van der Waals surface area contributed by atoms with Gasteiger partial charge in [0.25, 0.3) is 0 Å². The van der Waals surface area contributed by atoms with Gasteiger partial charge in [-0.3, -0.25) is 9.59 Å². The van der Waals surface area contributed by atoms with Crippen molar-refractivity contribution >= 4 is 23.5 Å². The Morgan fingerprint density at radius 3 is 2.68 bits per heavy atom. The van der Waals surface area contributed by atoms with Crippen LogP contribution in [0, 0.1) is 5.92 Å². The number of benzene rings is 1. The average Bonchev–Trinajstić information content (AvgIpc) is 2.74. The highest BCUT2D eigenvalue weighted by Gasteiger charge is 2.39. The fraction of sp³-hybridized carbons (Fsp3) is 0.600. The van der Waals surface area contributed by atoms with Crippen LogP contribution >= 0.6 is 11.6 Å². The van der Waals surface area contributed by atoms with E-state index in [-0.39, 0.29) is 18.9 Å².